The molecule has 0 atom stereocenters. The van der Waals surface area contributed by atoms with Crippen LogP contribution in [0.4, 0.5) is 5.13 Å². The van der Waals surface area contributed by atoms with Crippen molar-refractivity contribution in [2.75, 3.05) is 25.5 Å². The Labute approximate surface area is 166 Å². The number of anilines is 1. The second kappa shape index (κ2) is 7.36. The molecule has 0 radical (unpaired) electrons. The third-order valence-electron chi connectivity index (χ3n) is 4.50. The molecular weight excluding hydrogens is 380 g/mol. The van der Waals surface area contributed by atoms with Gasteiger partial charge in [0, 0.05) is 22.7 Å². The minimum atomic E-state index is -0.0544. The summed E-state index contributed by atoms with van der Waals surface area (Å²) >= 11 is 3.08. The molecule has 0 fully saturated rings. The number of aryl methyl sites for hydroxylation is 2. The smallest absolute Gasteiger partial charge is 0.232 e. The monoisotopic (exact) mass is 400 g/mol. The molecule has 0 bridgehead atoms. The van der Waals surface area contributed by atoms with E-state index in [0.717, 1.165) is 51.4 Å². The topological polar surface area (TPSA) is 66.8 Å². The zero-order valence-electron chi connectivity index (χ0n) is 15.4. The van der Waals surface area contributed by atoms with Gasteiger partial charge in [0.15, 0.2) is 10.3 Å². The van der Waals surface area contributed by atoms with Gasteiger partial charge in [-0.1, -0.05) is 11.8 Å². The van der Waals surface area contributed by atoms with Crippen molar-refractivity contribution in [3.05, 3.63) is 39.7 Å². The highest BCUT2D eigenvalue weighted by Crippen LogP contribution is 2.34. The number of carbonyl (C=O) groups excluding carboxylic acids is 1. The molecule has 0 aliphatic carbocycles. The highest BCUT2D eigenvalue weighted by molar-refractivity contribution is 8.16. The van der Waals surface area contributed by atoms with Crippen LogP contribution in [0.3, 0.4) is 0 Å². The van der Waals surface area contributed by atoms with Gasteiger partial charge in [-0.3, -0.25) is 9.79 Å². The third kappa shape index (κ3) is 3.59. The van der Waals surface area contributed by atoms with E-state index in [4.69, 9.17) is 4.74 Å². The van der Waals surface area contributed by atoms with Crippen molar-refractivity contribution < 1.29 is 9.53 Å². The van der Waals surface area contributed by atoms with Gasteiger partial charge in [-0.25, -0.2) is 4.98 Å². The Morgan fingerprint density at radius 3 is 3.00 bits per heavy atom. The van der Waals surface area contributed by atoms with Crippen LogP contribution in [0.5, 0.6) is 5.75 Å². The molecule has 4 rings (SSSR count). The number of amides is 1. The molecule has 0 saturated heterocycles. The van der Waals surface area contributed by atoms with Crippen LogP contribution in [0.25, 0.3) is 11.3 Å². The van der Waals surface area contributed by atoms with Gasteiger partial charge >= 0.3 is 0 Å². The number of hydrogen-bond acceptors (Lipinski definition) is 7. The summed E-state index contributed by atoms with van der Waals surface area (Å²) in [5.41, 5.74) is 3.98. The van der Waals surface area contributed by atoms with Crippen LogP contribution in [-0.2, 0) is 4.79 Å². The van der Waals surface area contributed by atoms with Gasteiger partial charge in [0.1, 0.15) is 5.75 Å². The summed E-state index contributed by atoms with van der Waals surface area (Å²) in [7, 11) is 1.67. The lowest BCUT2D eigenvalue weighted by Gasteiger charge is -2.15. The third-order valence-corrected chi connectivity index (χ3v) is 6.34. The fourth-order valence-electron chi connectivity index (χ4n) is 3.19. The van der Waals surface area contributed by atoms with E-state index in [9.17, 15) is 4.79 Å². The summed E-state index contributed by atoms with van der Waals surface area (Å²) in [5, 5.41) is 6.58. The van der Waals surface area contributed by atoms with E-state index in [0.29, 0.717) is 11.6 Å². The maximum Gasteiger partial charge on any atom is 0.232 e. The molecule has 8 heteroatoms. The Morgan fingerprint density at radius 1 is 1.37 bits per heavy atom. The molecule has 140 valence electrons. The number of thiazole rings is 1. The Hall–Kier alpha value is -2.32. The largest absolute Gasteiger partial charge is 0.496 e. The van der Waals surface area contributed by atoms with Gasteiger partial charge in [-0.15, -0.1) is 11.3 Å². The lowest BCUT2D eigenvalue weighted by atomic mass is 10.1. The quantitative estimate of drug-likeness (QED) is 0.821. The number of aliphatic imine (C=N–C) groups is 1. The van der Waals surface area contributed by atoms with Crippen molar-refractivity contribution in [1.82, 2.24) is 9.88 Å². The van der Waals surface area contributed by atoms with E-state index >= 15 is 0 Å². The number of benzene rings is 1. The number of fused-ring (bicyclic) bond motifs is 1. The van der Waals surface area contributed by atoms with E-state index in [-0.39, 0.29) is 5.91 Å². The SMILES string of the molecule is COc1ccc(-c2nc(NC(=O)CC3=CSC4=NCCN34)sc2C)cc1C. The van der Waals surface area contributed by atoms with Gasteiger partial charge in [0.25, 0.3) is 0 Å². The summed E-state index contributed by atoms with van der Waals surface area (Å²) in [4.78, 5) is 24.7. The van der Waals surface area contributed by atoms with E-state index in [2.05, 4.69) is 26.3 Å². The normalized spacial score (nSPS) is 15.4. The van der Waals surface area contributed by atoms with Gasteiger partial charge in [0.05, 0.1) is 25.8 Å². The summed E-state index contributed by atoms with van der Waals surface area (Å²) in [6.45, 7) is 5.69. The molecule has 0 spiro atoms. The molecule has 1 amide bonds. The van der Waals surface area contributed by atoms with Crippen LogP contribution < -0.4 is 10.1 Å². The zero-order chi connectivity index (χ0) is 19.0. The number of hydrogen-bond donors (Lipinski definition) is 1. The van der Waals surface area contributed by atoms with Crippen LogP contribution >= 0.6 is 23.1 Å². The first kappa shape index (κ1) is 18.1. The fourth-order valence-corrected chi connectivity index (χ4v) is 4.99. The molecule has 2 aliphatic heterocycles. The average molecular weight is 401 g/mol. The molecule has 0 saturated carbocycles. The van der Waals surface area contributed by atoms with Crippen molar-refractivity contribution in [2.24, 2.45) is 4.99 Å². The fraction of sp³-hybridized carbons (Fsp3) is 0.316. The molecule has 1 aromatic heterocycles. The number of amidine groups is 1. The van der Waals surface area contributed by atoms with Gasteiger partial charge in [-0.2, -0.15) is 0 Å². The van der Waals surface area contributed by atoms with Gasteiger partial charge in [0.2, 0.25) is 5.91 Å². The van der Waals surface area contributed by atoms with Crippen molar-refractivity contribution in [3.8, 4) is 17.0 Å². The highest BCUT2D eigenvalue weighted by Gasteiger charge is 2.27. The predicted octanol–water partition coefficient (Wildman–Crippen LogP) is 4.02. The number of nitrogens with one attached hydrogen (secondary N) is 1. The number of rotatable bonds is 5. The number of carbonyl (C=O) groups is 1. The Morgan fingerprint density at radius 2 is 2.22 bits per heavy atom. The summed E-state index contributed by atoms with van der Waals surface area (Å²) in [6.07, 6.45) is 0.335. The first-order chi connectivity index (χ1) is 13.0. The number of ether oxygens (including phenoxy) is 1. The number of nitrogens with zero attached hydrogens (tertiary/aromatic N) is 3. The van der Waals surface area contributed by atoms with E-state index in [1.54, 1.807) is 18.9 Å². The molecule has 2 aromatic rings. The van der Waals surface area contributed by atoms with Crippen molar-refractivity contribution in [1.29, 1.82) is 0 Å². The predicted molar refractivity (Wildman–Crippen MR) is 112 cm³/mol. The molecule has 3 heterocycles. The lowest BCUT2D eigenvalue weighted by Crippen LogP contribution is -2.24. The summed E-state index contributed by atoms with van der Waals surface area (Å²) < 4.78 is 5.32. The number of methoxy groups -OCH3 is 1. The minimum absolute atomic E-state index is 0.0544. The molecule has 1 aromatic carbocycles. The van der Waals surface area contributed by atoms with E-state index < -0.39 is 0 Å². The summed E-state index contributed by atoms with van der Waals surface area (Å²) in [5.74, 6) is 0.800. The second-order valence-electron chi connectivity index (χ2n) is 6.38. The molecule has 1 N–H and O–H groups in total. The summed E-state index contributed by atoms with van der Waals surface area (Å²) in [6, 6.07) is 6.00. The second-order valence-corrected chi connectivity index (χ2v) is 8.42. The standard InChI is InChI=1S/C19H20N4O2S2/c1-11-8-13(4-5-15(11)25-3)17-12(2)27-18(22-17)21-16(24)9-14-10-26-19-20-6-7-23(14)19/h4-5,8,10H,6-7,9H2,1-3H3,(H,21,22,24). The number of thioether (sulfide) groups is 1. The Kier molecular flexibility index (Phi) is 4.92. The molecular formula is C19H20N4O2S2. The van der Waals surface area contributed by atoms with Crippen LogP contribution in [0.2, 0.25) is 0 Å². The Balaban J connectivity index is 1.46. The number of aromatic nitrogens is 1. The maximum absolute atomic E-state index is 12.5. The molecule has 27 heavy (non-hydrogen) atoms. The average Bonchev–Trinajstić information content (AvgIpc) is 3.32. The van der Waals surface area contributed by atoms with Crippen molar-refractivity contribution >= 4 is 39.3 Å². The lowest BCUT2D eigenvalue weighted by molar-refractivity contribution is -0.115. The Bertz CT molecular complexity index is 965. The molecule has 6 nitrogen and oxygen atoms in total. The van der Waals surface area contributed by atoms with Crippen molar-refractivity contribution in [2.45, 2.75) is 20.3 Å². The zero-order valence-corrected chi connectivity index (χ0v) is 17.0. The van der Waals surface area contributed by atoms with Crippen molar-refractivity contribution in [3.63, 3.8) is 0 Å². The van der Waals surface area contributed by atoms with E-state index in [1.165, 1.54) is 11.3 Å². The minimum Gasteiger partial charge on any atom is -0.496 e. The highest BCUT2D eigenvalue weighted by atomic mass is 32.2. The molecule has 2 aliphatic rings. The van der Waals surface area contributed by atoms with E-state index in [1.807, 2.05) is 31.4 Å². The molecule has 0 unspecified atom stereocenters. The van der Waals surface area contributed by atoms with Crippen LogP contribution in [0, 0.1) is 13.8 Å². The van der Waals surface area contributed by atoms with Gasteiger partial charge < -0.3 is 15.0 Å². The first-order valence-electron chi connectivity index (χ1n) is 8.65. The van der Waals surface area contributed by atoms with Crippen LogP contribution in [0.15, 0.2) is 34.3 Å². The van der Waals surface area contributed by atoms with Gasteiger partial charge in [-0.05, 0) is 43.0 Å². The van der Waals surface area contributed by atoms with Crippen LogP contribution in [-0.4, -0.2) is 41.2 Å². The maximum atomic E-state index is 12.5. The van der Waals surface area contributed by atoms with Crippen LogP contribution in [0.1, 0.15) is 16.9 Å². The first-order valence-corrected chi connectivity index (χ1v) is 10.3.